The molecule has 0 fully saturated rings. The van der Waals surface area contributed by atoms with Gasteiger partial charge in [0.1, 0.15) is 13.7 Å². The van der Waals surface area contributed by atoms with Gasteiger partial charge in [-0.15, -0.1) is 0 Å². The molecule has 142 valence electrons. The van der Waals surface area contributed by atoms with Crippen molar-refractivity contribution in [1.82, 2.24) is 5.32 Å². The monoisotopic (exact) mass is 367 g/mol. The summed E-state index contributed by atoms with van der Waals surface area (Å²) in [5.74, 6) is -0.331. The number of likely N-dealkylation sites (N-methyl/N-ethyl adjacent to an activating group) is 1. The molecule has 0 aliphatic carbocycles. The van der Waals surface area contributed by atoms with Crippen molar-refractivity contribution in [2.75, 3.05) is 14.2 Å². The maximum atomic E-state index is 12.2. The summed E-state index contributed by atoms with van der Waals surface area (Å²) in [6.45, 7) is 6.10. The van der Waals surface area contributed by atoms with E-state index in [1.165, 1.54) is 12.7 Å². The lowest BCUT2D eigenvalue weighted by Crippen LogP contribution is -2.29. The van der Waals surface area contributed by atoms with Crippen molar-refractivity contribution in [3.63, 3.8) is 0 Å². The molecule has 6 heteroatoms. The average molecular weight is 367 g/mol. The van der Waals surface area contributed by atoms with Crippen LogP contribution in [0.15, 0.2) is 52.8 Å². The molecule has 0 radical (unpaired) electrons. The van der Waals surface area contributed by atoms with Gasteiger partial charge in [0.25, 0.3) is 5.91 Å². The van der Waals surface area contributed by atoms with Gasteiger partial charge >= 0.3 is 0 Å². The van der Waals surface area contributed by atoms with Crippen LogP contribution in [0, 0.1) is 13.8 Å². The van der Waals surface area contributed by atoms with E-state index in [1.54, 1.807) is 7.05 Å². The summed E-state index contributed by atoms with van der Waals surface area (Å²) in [5.41, 5.74) is 5.62. The zero-order chi connectivity index (χ0) is 19.8. The molecule has 2 aromatic rings. The molecule has 2 rings (SSSR count). The molecule has 0 aliphatic rings. The molecule has 0 aliphatic heterocycles. The molecule has 1 N–H and O–H groups in total. The molecule has 0 saturated carbocycles. The van der Waals surface area contributed by atoms with E-state index in [1.807, 2.05) is 63.2 Å². The second-order valence-electron chi connectivity index (χ2n) is 6.12. The number of rotatable bonds is 7. The van der Waals surface area contributed by atoms with E-state index in [0.717, 1.165) is 22.4 Å². The minimum Gasteiger partial charge on any atom is -0.398 e. The van der Waals surface area contributed by atoms with Gasteiger partial charge in [-0.3, -0.25) is 4.79 Å². The normalized spacial score (nSPS) is 11.9. The van der Waals surface area contributed by atoms with Gasteiger partial charge in [0, 0.05) is 18.2 Å². The highest BCUT2D eigenvalue weighted by Gasteiger charge is 2.19. The van der Waals surface area contributed by atoms with Crippen molar-refractivity contribution < 1.29 is 14.5 Å². The summed E-state index contributed by atoms with van der Waals surface area (Å²) >= 11 is 0. The maximum Gasteiger partial charge on any atom is 0.273 e. The molecule has 0 aromatic heterocycles. The summed E-state index contributed by atoms with van der Waals surface area (Å²) in [4.78, 5) is 22.6. The van der Waals surface area contributed by atoms with Gasteiger partial charge in [0.2, 0.25) is 0 Å². The number of benzene rings is 2. The molecule has 1 amide bonds. The van der Waals surface area contributed by atoms with Crippen LogP contribution in [0.25, 0.3) is 0 Å². The van der Waals surface area contributed by atoms with E-state index >= 15 is 0 Å². The summed E-state index contributed by atoms with van der Waals surface area (Å²) < 4.78 is 0. The zero-order valence-electron chi connectivity index (χ0n) is 16.4. The van der Waals surface area contributed by atoms with Gasteiger partial charge in [-0.2, -0.15) is 0 Å². The molecule has 2 aromatic carbocycles. The van der Waals surface area contributed by atoms with Crippen molar-refractivity contribution >= 4 is 17.3 Å². The Labute approximate surface area is 159 Å². The Balaban J connectivity index is 2.26. The Morgan fingerprint density at radius 3 is 2.41 bits per heavy atom. The quantitative estimate of drug-likeness (QED) is 0.603. The standard InChI is InChI=1S/C21H25N3O3/c1-14-9-11-17(12-10-14)16(3)23-27-13-19-15(2)7-6-8-18(19)20(24-26-5)21(25)22-4/h6-12H,13H2,1-5H3,(H,22,25)/b23-16+,24-20+. The third-order valence-corrected chi connectivity index (χ3v) is 4.17. The first-order valence-corrected chi connectivity index (χ1v) is 8.63. The third-order valence-electron chi connectivity index (χ3n) is 4.17. The van der Waals surface area contributed by atoms with Crippen LogP contribution in [-0.2, 0) is 21.1 Å². The topological polar surface area (TPSA) is 72.3 Å². The fourth-order valence-electron chi connectivity index (χ4n) is 2.58. The second-order valence-corrected chi connectivity index (χ2v) is 6.12. The number of amides is 1. The summed E-state index contributed by atoms with van der Waals surface area (Å²) in [7, 11) is 2.96. The first-order chi connectivity index (χ1) is 13.0. The SMILES string of the molecule is CNC(=O)/C(=N/OC)c1cccc(C)c1CO/N=C(\C)c1ccc(C)cc1. The first-order valence-electron chi connectivity index (χ1n) is 8.63. The Kier molecular flexibility index (Phi) is 7.11. The number of hydrogen-bond donors (Lipinski definition) is 1. The molecule has 0 unspecified atom stereocenters. The minimum absolute atomic E-state index is 0.196. The van der Waals surface area contributed by atoms with Gasteiger partial charge in [-0.1, -0.05) is 58.3 Å². The lowest BCUT2D eigenvalue weighted by molar-refractivity contribution is -0.114. The van der Waals surface area contributed by atoms with Crippen LogP contribution < -0.4 is 5.32 Å². The number of nitrogens with one attached hydrogen (secondary N) is 1. The second kappa shape index (κ2) is 9.52. The van der Waals surface area contributed by atoms with Crippen molar-refractivity contribution in [2.24, 2.45) is 10.3 Å². The van der Waals surface area contributed by atoms with Crippen molar-refractivity contribution in [1.29, 1.82) is 0 Å². The molecular formula is C21H25N3O3. The highest BCUT2D eigenvalue weighted by molar-refractivity contribution is 6.45. The molecule has 27 heavy (non-hydrogen) atoms. The van der Waals surface area contributed by atoms with Gasteiger partial charge < -0.3 is 15.0 Å². The number of carbonyl (C=O) groups is 1. The van der Waals surface area contributed by atoms with E-state index in [-0.39, 0.29) is 18.2 Å². The van der Waals surface area contributed by atoms with Gasteiger partial charge in [-0.05, 0) is 31.9 Å². The lowest BCUT2D eigenvalue weighted by Gasteiger charge is -2.13. The van der Waals surface area contributed by atoms with Crippen LogP contribution in [-0.4, -0.2) is 31.5 Å². The van der Waals surface area contributed by atoms with E-state index < -0.39 is 0 Å². The highest BCUT2D eigenvalue weighted by atomic mass is 16.6. The molecular weight excluding hydrogens is 342 g/mol. The van der Waals surface area contributed by atoms with Crippen LogP contribution >= 0.6 is 0 Å². The zero-order valence-corrected chi connectivity index (χ0v) is 16.4. The lowest BCUT2D eigenvalue weighted by atomic mass is 9.98. The van der Waals surface area contributed by atoms with Gasteiger partial charge in [0.05, 0.1) is 5.71 Å². The highest BCUT2D eigenvalue weighted by Crippen LogP contribution is 2.18. The predicted octanol–water partition coefficient (Wildman–Crippen LogP) is 3.34. The fourth-order valence-corrected chi connectivity index (χ4v) is 2.58. The molecule has 0 heterocycles. The summed E-state index contributed by atoms with van der Waals surface area (Å²) in [6.07, 6.45) is 0. The molecule has 6 nitrogen and oxygen atoms in total. The molecule has 0 bridgehead atoms. The van der Waals surface area contributed by atoms with E-state index in [4.69, 9.17) is 9.68 Å². The molecule has 0 atom stereocenters. The number of carbonyl (C=O) groups excluding carboxylic acids is 1. The number of oxime groups is 2. The smallest absolute Gasteiger partial charge is 0.273 e. The number of aryl methyl sites for hydroxylation is 2. The van der Waals surface area contributed by atoms with Gasteiger partial charge in [0.15, 0.2) is 5.71 Å². The molecule has 0 spiro atoms. The van der Waals surface area contributed by atoms with Crippen LogP contribution in [0.1, 0.15) is 34.7 Å². The number of hydrogen-bond acceptors (Lipinski definition) is 5. The van der Waals surface area contributed by atoms with Gasteiger partial charge in [-0.25, -0.2) is 0 Å². The average Bonchev–Trinajstić information content (AvgIpc) is 2.67. The van der Waals surface area contributed by atoms with E-state index in [2.05, 4.69) is 15.6 Å². The Hall–Kier alpha value is -3.15. The van der Waals surface area contributed by atoms with Crippen molar-refractivity contribution in [2.45, 2.75) is 27.4 Å². The number of nitrogens with zero attached hydrogens (tertiary/aromatic N) is 2. The summed E-state index contributed by atoms with van der Waals surface area (Å²) in [5, 5.41) is 10.7. The Morgan fingerprint density at radius 2 is 1.78 bits per heavy atom. The third kappa shape index (κ3) is 5.17. The van der Waals surface area contributed by atoms with Crippen LogP contribution in [0.3, 0.4) is 0 Å². The van der Waals surface area contributed by atoms with E-state index in [9.17, 15) is 4.79 Å². The fraction of sp³-hybridized carbons (Fsp3) is 0.286. The van der Waals surface area contributed by atoms with E-state index in [0.29, 0.717) is 5.56 Å². The predicted molar refractivity (Wildman–Crippen MR) is 107 cm³/mol. The Morgan fingerprint density at radius 1 is 1.07 bits per heavy atom. The summed E-state index contributed by atoms with van der Waals surface area (Å²) in [6, 6.07) is 13.7. The van der Waals surface area contributed by atoms with Crippen LogP contribution in [0.2, 0.25) is 0 Å². The van der Waals surface area contributed by atoms with Crippen molar-refractivity contribution in [3.05, 3.63) is 70.3 Å². The first kappa shape index (κ1) is 20.2. The maximum absolute atomic E-state index is 12.2. The van der Waals surface area contributed by atoms with Crippen LogP contribution in [0.4, 0.5) is 0 Å². The minimum atomic E-state index is -0.331. The Bertz CT molecular complexity index is 855. The van der Waals surface area contributed by atoms with Crippen molar-refractivity contribution in [3.8, 4) is 0 Å². The largest absolute Gasteiger partial charge is 0.398 e. The molecule has 0 saturated heterocycles. The van der Waals surface area contributed by atoms with Crippen LogP contribution in [0.5, 0.6) is 0 Å².